The van der Waals surface area contributed by atoms with Crippen LogP contribution in [0.1, 0.15) is 20.3 Å². The van der Waals surface area contributed by atoms with Gasteiger partial charge in [0, 0.05) is 41.9 Å². The van der Waals surface area contributed by atoms with E-state index in [0.717, 1.165) is 48.9 Å². The number of primary amides is 1. The van der Waals surface area contributed by atoms with E-state index in [2.05, 4.69) is 51.5 Å². The Morgan fingerprint density at radius 1 is 1.03 bits per heavy atom. The van der Waals surface area contributed by atoms with Gasteiger partial charge >= 0.3 is 0 Å². The quantitative estimate of drug-likeness (QED) is 0.443. The lowest BCUT2D eigenvalue weighted by molar-refractivity contribution is -0.119. The lowest BCUT2D eigenvalue weighted by Gasteiger charge is -2.28. The van der Waals surface area contributed by atoms with E-state index >= 15 is 0 Å². The Hall–Kier alpha value is -3.65. The number of carbonyl (C=O) groups excluding carboxylic acids is 1. The summed E-state index contributed by atoms with van der Waals surface area (Å²) in [7, 11) is 0. The van der Waals surface area contributed by atoms with Gasteiger partial charge < -0.3 is 26.0 Å². The molecular weight excluding hydrogens is 428 g/mol. The van der Waals surface area contributed by atoms with E-state index in [1.165, 1.54) is 5.69 Å². The van der Waals surface area contributed by atoms with Crippen molar-refractivity contribution in [2.45, 2.75) is 26.3 Å². The van der Waals surface area contributed by atoms with Gasteiger partial charge in [-0.3, -0.25) is 4.79 Å². The minimum absolute atomic E-state index is 0.345. The van der Waals surface area contributed by atoms with Crippen molar-refractivity contribution in [1.82, 2.24) is 9.97 Å². The highest BCUT2D eigenvalue weighted by Gasteiger charge is 2.16. The minimum atomic E-state index is -0.393. The molecule has 8 nitrogen and oxygen atoms in total. The summed E-state index contributed by atoms with van der Waals surface area (Å²) in [5.41, 5.74) is 10.3. The Labute approximate surface area is 200 Å². The standard InChI is InChI=1S/C26H32N6O2/c1-18(2)17-24(25(27)33)29-20-5-3-19(4-6-20)23-11-12-28-26(31-23)30-21-7-9-22(10-8-21)32-13-15-34-16-14-32/h3-12,18,24,29H,13-17H2,1-2H3,(H2,27,33)(H,28,30,31)/t24-/m0/s1. The molecule has 0 saturated carbocycles. The summed E-state index contributed by atoms with van der Waals surface area (Å²) in [6.45, 7) is 7.49. The van der Waals surface area contributed by atoms with Crippen LogP contribution in [0.25, 0.3) is 11.3 Å². The maximum atomic E-state index is 11.7. The predicted molar refractivity (Wildman–Crippen MR) is 136 cm³/mol. The molecule has 1 aliphatic rings. The van der Waals surface area contributed by atoms with Crippen molar-refractivity contribution in [3.05, 3.63) is 60.8 Å². The van der Waals surface area contributed by atoms with E-state index < -0.39 is 6.04 Å². The van der Waals surface area contributed by atoms with Crippen molar-refractivity contribution < 1.29 is 9.53 Å². The fourth-order valence-corrected chi connectivity index (χ4v) is 3.94. The second kappa shape index (κ2) is 11.0. The number of nitrogens with two attached hydrogens (primary N) is 1. The lowest BCUT2D eigenvalue weighted by atomic mass is 10.0. The Bertz CT molecular complexity index is 1080. The minimum Gasteiger partial charge on any atom is -0.378 e. The fourth-order valence-electron chi connectivity index (χ4n) is 3.94. The summed E-state index contributed by atoms with van der Waals surface area (Å²) in [5.74, 6) is 0.554. The summed E-state index contributed by atoms with van der Waals surface area (Å²) in [6, 6.07) is 17.6. The molecule has 8 heteroatoms. The summed E-state index contributed by atoms with van der Waals surface area (Å²) in [5, 5.41) is 6.51. The van der Waals surface area contributed by atoms with Crippen LogP contribution >= 0.6 is 0 Å². The van der Waals surface area contributed by atoms with E-state index in [1.54, 1.807) is 6.20 Å². The molecule has 0 unspecified atom stereocenters. The summed E-state index contributed by atoms with van der Waals surface area (Å²) >= 11 is 0. The number of amides is 1. The van der Waals surface area contributed by atoms with E-state index in [-0.39, 0.29) is 5.91 Å². The molecule has 1 atom stereocenters. The molecule has 1 saturated heterocycles. The Kier molecular flexibility index (Phi) is 7.59. The molecule has 0 radical (unpaired) electrons. The van der Waals surface area contributed by atoms with Gasteiger partial charge in [0.2, 0.25) is 11.9 Å². The molecule has 178 valence electrons. The van der Waals surface area contributed by atoms with Crippen molar-refractivity contribution in [2.75, 3.05) is 41.8 Å². The Morgan fingerprint density at radius 2 is 1.71 bits per heavy atom. The lowest BCUT2D eigenvalue weighted by Crippen LogP contribution is -2.36. The molecule has 1 fully saturated rings. The highest BCUT2D eigenvalue weighted by molar-refractivity contribution is 5.83. The SMILES string of the molecule is CC(C)C[C@H](Nc1ccc(-c2ccnc(Nc3ccc(N4CCOCC4)cc3)n2)cc1)C(N)=O. The molecule has 4 rings (SSSR count). The number of aromatic nitrogens is 2. The van der Waals surface area contributed by atoms with Gasteiger partial charge in [-0.2, -0.15) is 0 Å². The van der Waals surface area contributed by atoms with Crippen LogP contribution in [0.4, 0.5) is 23.0 Å². The first kappa shape index (κ1) is 23.5. The molecule has 4 N–H and O–H groups in total. The Morgan fingerprint density at radius 3 is 2.35 bits per heavy atom. The first-order chi connectivity index (χ1) is 16.5. The molecule has 1 amide bonds. The van der Waals surface area contributed by atoms with E-state index in [9.17, 15) is 4.79 Å². The van der Waals surface area contributed by atoms with Gasteiger partial charge in [-0.15, -0.1) is 0 Å². The van der Waals surface area contributed by atoms with Gasteiger partial charge in [0.25, 0.3) is 0 Å². The maximum Gasteiger partial charge on any atom is 0.239 e. The molecule has 3 aromatic rings. The third kappa shape index (κ3) is 6.23. The number of ether oxygens (including phenoxy) is 1. The fraction of sp³-hybridized carbons (Fsp3) is 0.346. The molecule has 2 heterocycles. The number of nitrogens with one attached hydrogen (secondary N) is 2. The summed E-state index contributed by atoms with van der Waals surface area (Å²) in [6.07, 6.45) is 2.43. The number of carbonyl (C=O) groups is 1. The largest absolute Gasteiger partial charge is 0.378 e. The summed E-state index contributed by atoms with van der Waals surface area (Å²) in [4.78, 5) is 23.1. The highest BCUT2D eigenvalue weighted by atomic mass is 16.5. The molecule has 34 heavy (non-hydrogen) atoms. The zero-order chi connectivity index (χ0) is 23.9. The van der Waals surface area contributed by atoms with Crippen LogP contribution < -0.4 is 21.3 Å². The van der Waals surface area contributed by atoms with Gasteiger partial charge in [0.1, 0.15) is 6.04 Å². The van der Waals surface area contributed by atoms with Crippen LogP contribution in [0.5, 0.6) is 0 Å². The van der Waals surface area contributed by atoms with E-state index in [4.69, 9.17) is 10.5 Å². The molecule has 1 aromatic heterocycles. The van der Waals surface area contributed by atoms with Gasteiger partial charge in [0.15, 0.2) is 0 Å². The van der Waals surface area contributed by atoms with Crippen LogP contribution in [0, 0.1) is 5.92 Å². The van der Waals surface area contributed by atoms with E-state index in [1.807, 2.05) is 42.5 Å². The number of benzene rings is 2. The van der Waals surface area contributed by atoms with Crippen molar-refractivity contribution in [3.63, 3.8) is 0 Å². The van der Waals surface area contributed by atoms with Gasteiger partial charge in [-0.05, 0) is 54.8 Å². The third-order valence-corrected chi connectivity index (χ3v) is 5.73. The molecule has 2 aromatic carbocycles. The predicted octanol–water partition coefficient (Wildman–Crippen LogP) is 4.04. The maximum absolute atomic E-state index is 11.7. The molecule has 0 bridgehead atoms. The number of nitrogens with zero attached hydrogens (tertiary/aromatic N) is 3. The van der Waals surface area contributed by atoms with Crippen molar-refractivity contribution in [1.29, 1.82) is 0 Å². The first-order valence-electron chi connectivity index (χ1n) is 11.7. The average molecular weight is 461 g/mol. The number of anilines is 4. The van der Waals surface area contributed by atoms with Crippen molar-refractivity contribution >= 4 is 28.9 Å². The van der Waals surface area contributed by atoms with Crippen LogP contribution in [0.3, 0.4) is 0 Å². The van der Waals surface area contributed by atoms with Crippen LogP contribution in [0.2, 0.25) is 0 Å². The van der Waals surface area contributed by atoms with Crippen molar-refractivity contribution in [2.24, 2.45) is 11.7 Å². The zero-order valence-corrected chi connectivity index (χ0v) is 19.7. The van der Waals surface area contributed by atoms with Gasteiger partial charge in [-0.25, -0.2) is 9.97 Å². The molecule has 1 aliphatic heterocycles. The second-order valence-electron chi connectivity index (χ2n) is 8.84. The molecule has 0 spiro atoms. The Balaban J connectivity index is 1.41. The third-order valence-electron chi connectivity index (χ3n) is 5.73. The van der Waals surface area contributed by atoms with Crippen LogP contribution in [-0.4, -0.2) is 48.2 Å². The van der Waals surface area contributed by atoms with E-state index in [0.29, 0.717) is 18.3 Å². The molecular formula is C26H32N6O2. The zero-order valence-electron chi connectivity index (χ0n) is 19.7. The van der Waals surface area contributed by atoms with Crippen molar-refractivity contribution in [3.8, 4) is 11.3 Å². The topological polar surface area (TPSA) is 105 Å². The number of morpholine rings is 1. The molecule has 0 aliphatic carbocycles. The normalized spacial score (nSPS) is 14.6. The van der Waals surface area contributed by atoms with Crippen LogP contribution in [0.15, 0.2) is 60.8 Å². The number of hydrogen-bond donors (Lipinski definition) is 3. The first-order valence-corrected chi connectivity index (χ1v) is 11.7. The number of rotatable bonds is 9. The highest BCUT2D eigenvalue weighted by Crippen LogP contribution is 2.24. The number of hydrogen-bond acceptors (Lipinski definition) is 7. The van der Waals surface area contributed by atoms with Gasteiger partial charge in [0.05, 0.1) is 18.9 Å². The smallest absolute Gasteiger partial charge is 0.239 e. The van der Waals surface area contributed by atoms with Crippen LogP contribution in [-0.2, 0) is 9.53 Å². The monoisotopic (exact) mass is 460 g/mol. The van der Waals surface area contributed by atoms with Gasteiger partial charge in [-0.1, -0.05) is 26.0 Å². The summed E-state index contributed by atoms with van der Waals surface area (Å²) < 4.78 is 5.43. The average Bonchev–Trinajstić information content (AvgIpc) is 2.85. The second-order valence-corrected chi connectivity index (χ2v) is 8.84.